The molecule has 2 saturated heterocycles. The smallest absolute Gasteiger partial charge is 0.410 e. The van der Waals surface area contributed by atoms with Gasteiger partial charge in [0.05, 0.1) is 25.6 Å². The fourth-order valence-electron chi connectivity index (χ4n) is 5.14. The first-order valence-electron chi connectivity index (χ1n) is 18.1. The van der Waals surface area contributed by atoms with Crippen LogP contribution in [0, 0.1) is 0 Å². The molecule has 20 heteroatoms. The van der Waals surface area contributed by atoms with Gasteiger partial charge in [0.25, 0.3) is 15.7 Å². The molecule has 2 aromatic rings. The van der Waals surface area contributed by atoms with Crippen LogP contribution in [0.3, 0.4) is 0 Å². The first-order chi connectivity index (χ1) is 25.4. The highest BCUT2D eigenvalue weighted by molar-refractivity contribution is 7.86. The summed E-state index contributed by atoms with van der Waals surface area (Å²) in [7, 11) is -0.177. The van der Waals surface area contributed by atoms with E-state index in [1.165, 1.54) is 15.4 Å². The molecule has 2 aliphatic heterocycles. The minimum Gasteiger partial charge on any atom is -0.473 e. The summed E-state index contributed by atoms with van der Waals surface area (Å²) in [6.07, 6.45) is 2.37. The molecule has 2 amide bonds. The average molecular weight is 803 g/mol. The van der Waals surface area contributed by atoms with Crippen LogP contribution in [0.25, 0.3) is 0 Å². The number of esters is 2. The van der Waals surface area contributed by atoms with E-state index in [9.17, 15) is 32.4 Å². The molecular weight excluding hydrogens is 744 g/mol. The quantitative estimate of drug-likeness (QED) is 0.229. The number of nitrogens with one attached hydrogen (secondary N) is 1. The largest absolute Gasteiger partial charge is 0.473 e. The van der Waals surface area contributed by atoms with Gasteiger partial charge in [-0.05, 0) is 68.2 Å². The Morgan fingerprint density at radius 3 is 1.58 bits per heavy atom. The van der Waals surface area contributed by atoms with Crippen molar-refractivity contribution in [2.45, 2.75) is 104 Å². The first kappa shape index (κ1) is 46.6. The summed E-state index contributed by atoms with van der Waals surface area (Å²) in [6, 6.07) is 2.79. The summed E-state index contributed by atoms with van der Waals surface area (Å²) in [5, 5.41) is 6.61. The van der Waals surface area contributed by atoms with Crippen molar-refractivity contribution >= 4 is 34.2 Å². The Balaban J connectivity index is 0.000000305. The maximum atomic E-state index is 12.1. The third kappa shape index (κ3) is 17.2. The molecule has 0 aliphatic carbocycles. The molecule has 0 aromatic carbocycles. The number of aromatic nitrogens is 4. The fourth-order valence-corrected chi connectivity index (χ4v) is 5.82. The molecule has 19 nitrogen and oxygen atoms in total. The van der Waals surface area contributed by atoms with E-state index in [-0.39, 0.29) is 35.6 Å². The molecule has 312 valence electrons. The molecular formula is C35H58N6O13S. The number of ether oxygens (including phenoxy) is 5. The van der Waals surface area contributed by atoms with Gasteiger partial charge in [0.15, 0.2) is 0 Å². The van der Waals surface area contributed by atoms with Crippen molar-refractivity contribution in [1.29, 1.82) is 0 Å². The minimum absolute atomic E-state index is 0.0522. The van der Waals surface area contributed by atoms with Crippen LogP contribution in [0.2, 0.25) is 0 Å². The van der Waals surface area contributed by atoms with Crippen LogP contribution in [-0.4, -0.2) is 131 Å². The molecule has 0 unspecified atom stereocenters. The number of aromatic amines is 1. The van der Waals surface area contributed by atoms with Gasteiger partial charge in [-0.25, -0.2) is 19.2 Å². The van der Waals surface area contributed by atoms with Gasteiger partial charge in [-0.2, -0.15) is 8.42 Å². The van der Waals surface area contributed by atoms with Gasteiger partial charge in [-0.1, -0.05) is 0 Å². The van der Waals surface area contributed by atoms with E-state index in [0.29, 0.717) is 76.6 Å². The SMILES string of the molecule is CC(C)(C)OC(=O)N1CCC(OS(C)(=O)=O)CC1.CCOC(=O)c1cc(=O)[nH]n1C.CCOC(=O)c1cc(OC2CCN(C(=O)OC(C)(C)C)CC2)nn1C. The highest BCUT2D eigenvalue weighted by atomic mass is 32.2. The average Bonchev–Trinajstić information content (AvgIpc) is 3.59. The summed E-state index contributed by atoms with van der Waals surface area (Å²) in [5.41, 5.74) is -0.732. The van der Waals surface area contributed by atoms with Crippen molar-refractivity contribution in [2.75, 3.05) is 45.6 Å². The fraction of sp³-hybridized carbons (Fsp3) is 0.714. The Kier molecular flexibility index (Phi) is 17.2. The lowest BCUT2D eigenvalue weighted by molar-refractivity contribution is 0.0115. The topological polar surface area (TPSA) is 220 Å². The molecule has 0 radical (unpaired) electrons. The molecule has 2 aliphatic rings. The zero-order valence-corrected chi connectivity index (χ0v) is 34.6. The number of piperidine rings is 2. The van der Waals surface area contributed by atoms with Crippen molar-refractivity contribution in [2.24, 2.45) is 14.1 Å². The van der Waals surface area contributed by atoms with E-state index in [2.05, 4.69) is 10.2 Å². The molecule has 0 spiro atoms. The third-order valence-corrected chi connectivity index (χ3v) is 8.14. The molecule has 0 bridgehead atoms. The van der Waals surface area contributed by atoms with Crippen molar-refractivity contribution in [1.82, 2.24) is 29.4 Å². The third-order valence-electron chi connectivity index (χ3n) is 7.52. The summed E-state index contributed by atoms with van der Waals surface area (Å²) in [6.45, 7) is 17.1. The van der Waals surface area contributed by atoms with Crippen molar-refractivity contribution < 1.29 is 55.5 Å². The minimum atomic E-state index is -3.42. The number of H-pyrrole nitrogens is 1. The molecule has 55 heavy (non-hydrogen) atoms. The standard InChI is InChI=1S/C17H27N3O5.C11H21NO5S.C7H10N2O3/c1-6-23-15(21)13-11-14(18-19(13)5)24-12-7-9-20(10-8-12)16(22)25-17(2,3)4;1-11(2,3)16-10(13)12-7-5-9(6-8-12)17-18(4,14)15;1-3-12-7(11)5-4-6(10)8-9(5)2/h11-12H,6-10H2,1-5H3;9H,5-8H2,1-4H3;4H,3H2,1-2H3,(H,8,10). The van der Waals surface area contributed by atoms with E-state index in [1.807, 2.05) is 41.5 Å². The van der Waals surface area contributed by atoms with E-state index < -0.39 is 33.3 Å². The molecule has 0 saturated carbocycles. The summed E-state index contributed by atoms with van der Waals surface area (Å²) < 4.78 is 55.8. The monoisotopic (exact) mass is 802 g/mol. The Hall–Kier alpha value is -4.59. The summed E-state index contributed by atoms with van der Waals surface area (Å²) in [5.74, 6) is -0.522. The Morgan fingerprint density at radius 1 is 0.764 bits per heavy atom. The molecule has 4 rings (SSSR count). The summed E-state index contributed by atoms with van der Waals surface area (Å²) in [4.78, 5) is 60.7. The lowest BCUT2D eigenvalue weighted by Crippen LogP contribution is -2.44. The maximum Gasteiger partial charge on any atom is 0.410 e. The number of amides is 2. The highest BCUT2D eigenvalue weighted by Gasteiger charge is 2.30. The van der Waals surface area contributed by atoms with Gasteiger partial charge in [0, 0.05) is 65.2 Å². The predicted molar refractivity (Wildman–Crippen MR) is 199 cm³/mol. The van der Waals surface area contributed by atoms with Crippen LogP contribution in [0.1, 0.15) is 102 Å². The number of nitrogens with zero attached hydrogens (tertiary/aromatic N) is 5. The van der Waals surface area contributed by atoms with Gasteiger partial charge >= 0.3 is 24.1 Å². The molecule has 0 atom stereocenters. The van der Waals surface area contributed by atoms with Crippen LogP contribution >= 0.6 is 0 Å². The lowest BCUT2D eigenvalue weighted by Gasteiger charge is -2.33. The van der Waals surface area contributed by atoms with Crippen molar-refractivity contribution in [3.63, 3.8) is 0 Å². The van der Waals surface area contributed by atoms with E-state index in [1.54, 1.807) is 43.8 Å². The number of hydrogen-bond donors (Lipinski definition) is 1. The highest BCUT2D eigenvalue weighted by Crippen LogP contribution is 2.21. The molecule has 2 aromatic heterocycles. The summed E-state index contributed by atoms with van der Waals surface area (Å²) >= 11 is 0. The van der Waals surface area contributed by atoms with Crippen molar-refractivity contribution in [3.05, 3.63) is 33.9 Å². The van der Waals surface area contributed by atoms with Gasteiger partial charge < -0.3 is 33.5 Å². The zero-order valence-electron chi connectivity index (χ0n) is 33.8. The van der Waals surface area contributed by atoms with Gasteiger partial charge in [-0.15, -0.1) is 5.10 Å². The predicted octanol–water partition coefficient (Wildman–Crippen LogP) is 3.63. The number of aryl methyl sites for hydroxylation is 2. The van der Waals surface area contributed by atoms with Crippen LogP contribution in [-0.2, 0) is 47.3 Å². The Bertz CT molecular complexity index is 1740. The zero-order chi connectivity index (χ0) is 41.7. The first-order valence-corrected chi connectivity index (χ1v) is 19.9. The van der Waals surface area contributed by atoms with Crippen molar-refractivity contribution in [3.8, 4) is 5.88 Å². The number of rotatable bonds is 8. The number of hydrogen-bond acceptors (Lipinski definition) is 14. The number of carbonyl (C=O) groups excluding carboxylic acids is 4. The number of carbonyl (C=O) groups is 4. The number of likely N-dealkylation sites (tertiary alicyclic amines) is 2. The molecule has 2 fully saturated rings. The Morgan fingerprint density at radius 2 is 1.20 bits per heavy atom. The van der Waals surface area contributed by atoms with E-state index in [4.69, 9.17) is 27.9 Å². The van der Waals surface area contributed by atoms with Gasteiger partial charge in [-0.3, -0.25) is 23.4 Å². The van der Waals surface area contributed by atoms with Crippen LogP contribution in [0.4, 0.5) is 9.59 Å². The van der Waals surface area contributed by atoms with Gasteiger partial charge in [0.2, 0.25) is 5.88 Å². The normalized spacial score (nSPS) is 15.5. The maximum absolute atomic E-state index is 12.1. The lowest BCUT2D eigenvalue weighted by atomic mass is 10.1. The molecule has 4 heterocycles. The van der Waals surface area contributed by atoms with Crippen LogP contribution < -0.4 is 10.3 Å². The van der Waals surface area contributed by atoms with E-state index in [0.717, 1.165) is 6.26 Å². The van der Waals surface area contributed by atoms with Crippen LogP contribution in [0.5, 0.6) is 5.88 Å². The Labute approximate surface area is 322 Å². The van der Waals surface area contributed by atoms with Crippen LogP contribution in [0.15, 0.2) is 16.9 Å². The second-order valence-electron chi connectivity index (χ2n) is 14.7. The second-order valence-corrected chi connectivity index (χ2v) is 16.3. The molecule has 1 N–H and O–H groups in total. The second kappa shape index (κ2) is 20.4. The van der Waals surface area contributed by atoms with Gasteiger partial charge in [0.1, 0.15) is 28.7 Å². The van der Waals surface area contributed by atoms with E-state index >= 15 is 0 Å².